The number of hydrogen-bond acceptors (Lipinski definition) is 2. The Balaban J connectivity index is 1.94. The van der Waals surface area contributed by atoms with E-state index in [1.165, 1.54) is 5.56 Å². The fourth-order valence-corrected chi connectivity index (χ4v) is 5.29. The van der Waals surface area contributed by atoms with E-state index in [2.05, 4.69) is 45.0 Å². The van der Waals surface area contributed by atoms with Crippen molar-refractivity contribution in [2.45, 2.75) is 39.2 Å². The molecule has 0 saturated heterocycles. The lowest BCUT2D eigenvalue weighted by atomic mass is 9.86. The minimum atomic E-state index is -3.19. The van der Waals surface area contributed by atoms with E-state index in [4.69, 9.17) is 4.52 Å². The normalized spacial score (nSPS) is 13.3. The molecule has 0 aliphatic rings. The lowest BCUT2D eigenvalue weighted by molar-refractivity contribution is 0.238. The van der Waals surface area contributed by atoms with E-state index < -0.39 is 7.37 Å². The summed E-state index contributed by atoms with van der Waals surface area (Å²) in [4.78, 5) is 0. The van der Waals surface area contributed by atoms with Gasteiger partial charge in [0.25, 0.3) is 7.37 Å². The summed E-state index contributed by atoms with van der Waals surface area (Å²) >= 11 is 0. The Kier molecular flexibility index (Phi) is 5.69. The standard InChI is InChI=1S/C24H27O2P/c1-19(20-15-17-21(18-16-20)24(2,3)4)26-27(25,22-11-7-5-8-12-22)23-13-9-6-10-14-23/h5-19H,1-4H3/t19-/m1/s1. The topological polar surface area (TPSA) is 26.3 Å². The zero-order chi connectivity index (χ0) is 19.5. The first-order valence-corrected chi connectivity index (χ1v) is 10.9. The van der Waals surface area contributed by atoms with Crippen LogP contribution in [0.5, 0.6) is 0 Å². The van der Waals surface area contributed by atoms with Crippen LogP contribution in [0.25, 0.3) is 0 Å². The molecule has 0 spiro atoms. The van der Waals surface area contributed by atoms with Crippen molar-refractivity contribution < 1.29 is 9.09 Å². The van der Waals surface area contributed by atoms with Crippen LogP contribution in [-0.4, -0.2) is 0 Å². The van der Waals surface area contributed by atoms with Crippen LogP contribution in [0.4, 0.5) is 0 Å². The molecule has 0 amide bonds. The van der Waals surface area contributed by atoms with Crippen LogP contribution in [0.2, 0.25) is 0 Å². The highest BCUT2D eigenvalue weighted by molar-refractivity contribution is 7.74. The monoisotopic (exact) mass is 378 g/mol. The van der Waals surface area contributed by atoms with Gasteiger partial charge in [-0.25, -0.2) is 0 Å². The highest BCUT2D eigenvalue weighted by Crippen LogP contribution is 2.48. The Hall–Kier alpha value is -2.15. The minimum Gasteiger partial charge on any atom is -0.314 e. The second-order valence-electron chi connectivity index (χ2n) is 7.84. The van der Waals surface area contributed by atoms with Crippen LogP contribution in [0.1, 0.15) is 44.9 Å². The van der Waals surface area contributed by atoms with Gasteiger partial charge >= 0.3 is 0 Å². The van der Waals surface area contributed by atoms with Crippen molar-refractivity contribution in [2.75, 3.05) is 0 Å². The molecule has 2 nitrogen and oxygen atoms in total. The van der Waals surface area contributed by atoms with Crippen molar-refractivity contribution >= 4 is 18.0 Å². The van der Waals surface area contributed by atoms with E-state index in [0.717, 1.165) is 16.2 Å². The maximum Gasteiger partial charge on any atom is 0.261 e. The van der Waals surface area contributed by atoms with Gasteiger partial charge in [-0.05, 0) is 47.7 Å². The van der Waals surface area contributed by atoms with E-state index in [0.29, 0.717) is 0 Å². The highest BCUT2D eigenvalue weighted by Gasteiger charge is 2.31. The Morgan fingerprint density at radius 1 is 0.741 bits per heavy atom. The van der Waals surface area contributed by atoms with Gasteiger partial charge in [0.1, 0.15) is 0 Å². The molecule has 3 aromatic rings. The molecule has 0 N–H and O–H groups in total. The molecule has 3 aromatic carbocycles. The van der Waals surface area contributed by atoms with E-state index in [1.807, 2.05) is 67.6 Å². The summed E-state index contributed by atoms with van der Waals surface area (Å²) in [5.41, 5.74) is 2.40. The van der Waals surface area contributed by atoms with E-state index in [-0.39, 0.29) is 11.5 Å². The predicted octanol–water partition coefficient (Wildman–Crippen LogP) is 5.99. The van der Waals surface area contributed by atoms with Gasteiger partial charge in [0.15, 0.2) is 0 Å². The van der Waals surface area contributed by atoms with Crippen LogP contribution in [-0.2, 0) is 14.5 Å². The molecule has 0 bridgehead atoms. The highest BCUT2D eigenvalue weighted by atomic mass is 31.2. The van der Waals surface area contributed by atoms with Crippen LogP contribution in [0.3, 0.4) is 0 Å². The smallest absolute Gasteiger partial charge is 0.261 e. The van der Waals surface area contributed by atoms with Crippen LogP contribution < -0.4 is 10.6 Å². The summed E-state index contributed by atoms with van der Waals surface area (Å²) in [7, 11) is -3.19. The maximum atomic E-state index is 14.0. The lowest BCUT2D eigenvalue weighted by Gasteiger charge is -2.25. The average Bonchev–Trinajstić information content (AvgIpc) is 2.68. The van der Waals surface area contributed by atoms with Crippen molar-refractivity contribution in [3.63, 3.8) is 0 Å². The summed E-state index contributed by atoms with van der Waals surface area (Å²) < 4.78 is 20.3. The van der Waals surface area contributed by atoms with Gasteiger partial charge in [-0.3, -0.25) is 4.57 Å². The second kappa shape index (κ2) is 7.84. The summed E-state index contributed by atoms with van der Waals surface area (Å²) in [5.74, 6) is 0. The number of rotatable bonds is 5. The number of benzene rings is 3. The molecule has 0 aliphatic heterocycles. The quantitative estimate of drug-likeness (QED) is 0.510. The molecule has 140 valence electrons. The molecule has 0 unspecified atom stereocenters. The summed E-state index contributed by atoms with van der Waals surface area (Å²) in [6.45, 7) is 8.55. The molecule has 0 saturated carbocycles. The number of hydrogen-bond donors (Lipinski definition) is 0. The van der Waals surface area contributed by atoms with E-state index >= 15 is 0 Å². The third-order valence-electron chi connectivity index (χ3n) is 4.74. The van der Waals surface area contributed by atoms with Crippen molar-refractivity contribution in [1.82, 2.24) is 0 Å². The molecular formula is C24H27O2P. The Labute approximate surface area is 162 Å². The van der Waals surface area contributed by atoms with Gasteiger partial charge in [0, 0.05) is 10.6 Å². The Morgan fingerprint density at radius 2 is 1.19 bits per heavy atom. The van der Waals surface area contributed by atoms with E-state index in [1.54, 1.807) is 0 Å². The molecule has 0 fully saturated rings. The summed E-state index contributed by atoms with van der Waals surface area (Å²) in [6, 6.07) is 27.4. The van der Waals surface area contributed by atoms with Gasteiger partial charge in [0.05, 0.1) is 6.10 Å². The largest absolute Gasteiger partial charge is 0.314 e. The predicted molar refractivity (Wildman–Crippen MR) is 114 cm³/mol. The third kappa shape index (κ3) is 4.40. The van der Waals surface area contributed by atoms with Gasteiger partial charge < -0.3 is 4.52 Å². The minimum absolute atomic E-state index is 0.103. The lowest BCUT2D eigenvalue weighted by Crippen LogP contribution is -2.19. The molecule has 3 heteroatoms. The van der Waals surface area contributed by atoms with Gasteiger partial charge in [-0.15, -0.1) is 0 Å². The first-order chi connectivity index (χ1) is 12.8. The first-order valence-electron chi connectivity index (χ1n) is 9.31. The average molecular weight is 378 g/mol. The second-order valence-corrected chi connectivity index (χ2v) is 10.2. The van der Waals surface area contributed by atoms with Crippen molar-refractivity contribution in [1.29, 1.82) is 0 Å². The summed E-state index contributed by atoms with van der Waals surface area (Å²) in [6.07, 6.45) is -0.287. The van der Waals surface area contributed by atoms with Crippen molar-refractivity contribution in [3.05, 3.63) is 96.1 Å². The molecular weight excluding hydrogens is 351 g/mol. The molecule has 1 atom stereocenters. The fourth-order valence-electron chi connectivity index (χ4n) is 3.06. The Bertz CT molecular complexity index is 867. The van der Waals surface area contributed by atoms with Gasteiger partial charge in [-0.2, -0.15) is 0 Å². The van der Waals surface area contributed by atoms with Gasteiger partial charge in [0.2, 0.25) is 0 Å². The zero-order valence-corrected chi connectivity index (χ0v) is 17.3. The SMILES string of the molecule is C[C@@H](OP(=O)(c1ccccc1)c1ccccc1)c1ccc(C(C)(C)C)cc1. The molecule has 0 aromatic heterocycles. The molecule has 0 radical (unpaired) electrons. The van der Waals surface area contributed by atoms with Gasteiger partial charge in [-0.1, -0.05) is 81.4 Å². The molecule has 0 aliphatic carbocycles. The molecule has 0 heterocycles. The first kappa shape index (κ1) is 19.6. The molecule has 3 rings (SSSR count). The zero-order valence-electron chi connectivity index (χ0n) is 16.4. The van der Waals surface area contributed by atoms with Crippen molar-refractivity contribution in [3.8, 4) is 0 Å². The fraction of sp³-hybridized carbons (Fsp3) is 0.250. The maximum absolute atomic E-state index is 14.0. The van der Waals surface area contributed by atoms with Crippen LogP contribution in [0, 0.1) is 0 Å². The van der Waals surface area contributed by atoms with Crippen LogP contribution >= 0.6 is 7.37 Å². The van der Waals surface area contributed by atoms with Crippen LogP contribution in [0.15, 0.2) is 84.9 Å². The van der Waals surface area contributed by atoms with E-state index in [9.17, 15) is 4.57 Å². The Morgan fingerprint density at radius 3 is 1.59 bits per heavy atom. The third-order valence-corrected chi connectivity index (χ3v) is 7.31. The summed E-state index contributed by atoms with van der Waals surface area (Å²) in [5, 5.41) is 1.43. The van der Waals surface area contributed by atoms with Crippen molar-refractivity contribution in [2.24, 2.45) is 0 Å². The molecule has 27 heavy (non-hydrogen) atoms.